The number of fused-ring (bicyclic) bond motifs is 1. The third-order valence-electron chi connectivity index (χ3n) is 10.4. The number of aliphatic hydroxyl groups excluding tert-OH is 1. The second kappa shape index (κ2) is 13.0. The number of anilines is 1. The normalized spacial score (nSPS) is 19.1. The summed E-state index contributed by atoms with van der Waals surface area (Å²) in [7, 11) is 0. The first-order valence-electron chi connectivity index (χ1n) is 17.0. The van der Waals surface area contributed by atoms with Crippen molar-refractivity contribution in [1.29, 1.82) is 0 Å². The lowest BCUT2D eigenvalue weighted by atomic mass is 9.83. The summed E-state index contributed by atoms with van der Waals surface area (Å²) in [5.41, 5.74) is 9.96. The number of aliphatic hydroxyl groups is 1. The van der Waals surface area contributed by atoms with Gasteiger partial charge in [-0.3, -0.25) is 4.79 Å². The van der Waals surface area contributed by atoms with E-state index in [0.29, 0.717) is 35.7 Å². The molecule has 46 heavy (non-hydrogen) atoms. The average Bonchev–Trinajstić information content (AvgIpc) is 3.64. The number of likely N-dealkylation sites (tertiary alicyclic amines) is 1. The van der Waals surface area contributed by atoms with Gasteiger partial charge in [0.25, 0.3) is 0 Å². The van der Waals surface area contributed by atoms with Gasteiger partial charge in [0.1, 0.15) is 0 Å². The number of ether oxygens (including phenoxy) is 1. The number of pyridine rings is 1. The Balaban J connectivity index is 1.08. The molecule has 0 spiro atoms. The fourth-order valence-corrected chi connectivity index (χ4v) is 7.53. The molecule has 2 aromatic heterocycles. The van der Waals surface area contributed by atoms with Crippen LogP contribution >= 0.6 is 0 Å². The van der Waals surface area contributed by atoms with Crippen LogP contribution in [0.25, 0.3) is 17.1 Å². The number of piperidine rings is 1. The maximum Gasteiger partial charge on any atom is 0.225 e. The number of benzene rings is 2. The molecule has 2 N–H and O–H groups in total. The van der Waals surface area contributed by atoms with Gasteiger partial charge in [-0.25, -0.2) is 9.67 Å². The highest BCUT2D eigenvalue weighted by molar-refractivity contribution is 5.79. The summed E-state index contributed by atoms with van der Waals surface area (Å²) in [4.78, 5) is 19.9. The molecular weight excluding hydrogens is 574 g/mol. The van der Waals surface area contributed by atoms with Crippen LogP contribution in [0.1, 0.15) is 97.2 Å². The monoisotopic (exact) mass is 619 g/mol. The van der Waals surface area contributed by atoms with Crippen LogP contribution in [0.3, 0.4) is 0 Å². The van der Waals surface area contributed by atoms with Gasteiger partial charge >= 0.3 is 0 Å². The van der Waals surface area contributed by atoms with Gasteiger partial charge in [0.05, 0.1) is 23.6 Å². The molecule has 3 heterocycles. The Bertz CT molecular complexity index is 1720. The Labute approximate surface area is 271 Å². The van der Waals surface area contributed by atoms with Gasteiger partial charge in [-0.2, -0.15) is 5.10 Å². The van der Waals surface area contributed by atoms with Crippen LogP contribution in [0.2, 0.25) is 0 Å². The van der Waals surface area contributed by atoms with Crippen molar-refractivity contribution >= 4 is 11.6 Å². The van der Waals surface area contributed by atoms with E-state index in [1.165, 1.54) is 34.4 Å². The number of rotatable bonds is 9. The highest BCUT2D eigenvalue weighted by Gasteiger charge is 2.32. The van der Waals surface area contributed by atoms with Gasteiger partial charge in [-0.05, 0) is 106 Å². The molecule has 1 amide bonds. The summed E-state index contributed by atoms with van der Waals surface area (Å²) in [6.45, 7) is 8.17. The summed E-state index contributed by atoms with van der Waals surface area (Å²) in [6, 6.07) is 19.6. The molecular formula is C38H45N5O3. The van der Waals surface area contributed by atoms with Crippen LogP contribution in [0.4, 0.5) is 5.69 Å². The van der Waals surface area contributed by atoms with E-state index in [2.05, 4.69) is 64.7 Å². The number of amides is 1. The Morgan fingerprint density at radius 3 is 2.59 bits per heavy atom. The molecule has 1 aliphatic heterocycles. The molecule has 2 aliphatic carbocycles. The quantitative estimate of drug-likeness (QED) is 0.193. The minimum atomic E-state index is -1.01. The predicted molar refractivity (Wildman–Crippen MR) is 180 cm³/mol. The molecule has 8 nitrogen and oxygen atoms in total. The molecule has 4 aromatic rings. The standard InChI is InChI=1S/C38H45N5O3/c1-4-46-38(45)31-23-39-43(25(31)3)35-13-7-12-33(41-35)30-11-6-8-27-14-17-34(36(27)30)40-32-16-15-29(22-24(32)2)26-18-20-42(21-19-26)37(44)28-9-5-10-28/h6-8,11-13,15-16,22-23,26,28,34,38,40,45H,4-5,9-10,14,17-21H2,1-3H3. The van der Waals surface area contributed by atoms with E-state index in [1.807, 2.05) is 26.0 Å². The number of aryl methyl sites for hydroxylation is 2. The Morgan fingerprint density at radius 2 is 1.85 bits per heavy atom. The highest BCUT2D eigenvalue weighted by Crippen LogP contribution is 2.41. The van der Waals surface area contributed by atoms with E-state index >= 15 is 0 Å². The fourth-order valence-electron chi connectivity index (χ4n) is 7.53. The summed E-state index contributed by atoms with van der Waals surface area (Å²) in [5.74, 6) is 1.89. The van der Waals surface area contributed by atoms with Crippen LogP contribution in [-0.2, 0) is 16.0 Å². The van der Waals surface area contributed by atoms with E-state index < -0.39 is 6.29 Å². The number of nitrogens with one attached hydrogen (secondary N) is 1. The third kappa shape index (κ3) is 5.84. The molecule has 0 radical (unpaired) electrons. The molecule has 2 unspecified atom stereocenters. The largest absolute Gasteiger partial charge is 0.378 e. The number of aromatic nitrogens is 3. The zero-order valence-electron chi connectivity index (χ0n) is 27.2. The minimum Gasteiger partial charge on any atom is -0.378 e. The van der Waals surface area contributed by atoms with Crippen LogP contribution in [0, 0.1) is 19.8 Å². The lowest BCUT2D eigenvalue weighted by Gasteiger charge is -2.36. The number of nitrogens with zero attached hydrogens (tertiary/aromatic N) is 4. The smallest absolute Gasteiger partial charge is 0.225 e. The SMILES string of the molecule is CCOC(O)c1cnn(-c2cccc(-c3cccc4c3C(Nc3ccc(C5CCN(C(=O)C6CCC6)CC5)cc3C)CC4)n2)c1C. The van der Waals surface area contributed by atoms with Crippen molar-refractivity contribution in [3.63, 3.8) is 0 Å². The van der Waals surface area contributed by atoms with Crippen LogP contribution < -0.4 is 5.32 Å². The first-order chi connectivity index (χ1) is 22.4. The first kappa shape index (κ1) is 30.6. The lowest BCUT2D eigenvalue weighted by molar-refractivity contribution is -0.139. The topological polar surface area (TPSA) is 92.5 Å². The van der Waals surface area contributed by atoms with Crippen molar-refractivity contribution in [2.75, 3.05) is 25.0 Å². The molecule has 8 heteroatoms. The zero-order valence-corrected chi connectivity index (χ0v) is 27.2. The second-order valence-corrected chi connectivity index (χ2v) is 13.2. The van der Waals surface area contributed by atoms with Gasteiger partial charge in [0.2, 0.25) is 5.91 Å². The maximum atomic E-state index is 12.7. The Kier molecular flexibility index (Phi) is 8.66. The Hall–Kier alpha value is -4.01. The van der Waals surface area contributed by atoms with E-state index in [0.717, 1.165) is 68.6 Å². The molecule has 1 saturated carbocycles. The summed E-state index contributed by atoms with van der Waals surface area (Å²) < 4.78 is 7.16. The van der Waals surface area contributed by atoms with Crippen LogP contribution in [0.15, 0.2) is 60.8 Å². The molecule has 0 bridgehead atoms. The van der Waals surface area contributed by atoms with E-state index in [1.54, 1.807) is 10.9 Å². The number of carbonyl (C=O) groups excluding carboxylic acids is 1. The summed E-state index contributed by atoms with van der Waals surface area (Å²) in [6.07, 6.45) is 8.14. The number of hydrogen-bond acceptors (Lipinski definition) is 6. The third-order valence-corrected chi connectivity index (χ3v) is 10.4. The van der Waals surface area contributed by atoms with Crippen LogP contribution in [0.5, 0.6) is 0 Å². The van der Waals surface area contributed by atoms with Gasteiger partial charge in [0, 0.05) is 42.4 Å². The van der Waals surface area contributed by atoms with E-state index in [-0.39, 0.29) is 6.04 Å². The zero-order chi connectivity index (χ0) is 31.8. The average molecular weight is 620 g/mol. The number of hydrogen-bond donors (Lipinski definition) is 2. The first-order valence-corrected chi connectivity index (χ1v) is 17.0. The number of carbonyl (C=O) groups is 1. The Morgan fingerprint density at radius 1 is 1.04 bits per heavy atom. The van der Waals surface area contributed by atoms with E-state index in [9.17, 15) is 9.90 Å². The molecule has 2 atom stereocenters. The van der Waals surface area contributed by atoms with Crippen molar-refractivity contribution in [2.45, 2.75) is 84.0 Å². The van der Waals surface area contributed by atoms with Crippen LogP contribution in [-0.4, -0.2) is 50.4 Å². The molecule has 3 aliphatic rings. The van der Waals surface area contributed by atoms with E-state index in [4.69, 9.17) is 9.72 Å². The van der Waals surface area contributed by atoms with Gasteiger partial charge < -0.3 is 20.1 Å². The summed E-state index contributed by atoms with van der Waals surface area (Å²) >= 11 is 0. The van der Waals surface area contributed by atoms with Crippen molar-refractivity contribution in [2.24, 2.45) is 5.92 Å². The minimum absolute atomic E-state index is 0.182. The second-order valence-electron chi connectivity index (χ2n) is 13.2. The predicted octanol–water partition coefficient (Wildman–Crippen LogP) is 7.18. The van der Waals surface area contributed by atoms with Crippen molar-refractivity contribution in [3.8, 4) is 17.1 Å². The molecule has 2 aromatic carbocycles. The fraction of sp³-hybridized carbons (Fsp3) is 0.447. The molecule has 7 rings (SSSR count). The van der Waals surface area contributed by atoms with Gasteiger partial charge in [-0.15, -0.1) is 0 Å². The summed E-state index contributed by atoms with van der Waals surface area (Å²) in [5, 5.41) is 18.8. The molecule has 240 valence electrons. The molecule has 2 fully saturated rings. The van der Waals surface area contributed by atoms with Gasteiger partial charge in [-0.1, -0.05) is 42.8 Å². The molecule has 1 saturated heterocycles. The lowest BCUT2D eigenvalue weighted by Crippen LogP contribution is -2.43. The van der Waals surface area contributed by atoms with Crippen molar-refractivity contribution in [3.05, 3.63) is 94.3 Å². The van der Waals surface area contributed by atoms with Crippen molar-refractivity contribution < 1.29 is 14.6 Å². The van der Waals surface area contributed by atoms with Gasteiger partial charge in [0.15, 0.2) is 12.1 Å². The highest BCUT2D eigenvalue weighted by atomic mass is 16.6. The maximum absolute atomic E-state index is 12.7. The van der Waals surface area contributed by atoms with Crippen molar-refractivity contribution in [1.82, 2.24) is 19.7 Å².